The summed E-state index contributed by atoms with van der Waals surface area (Å²) in [5.74, 6) is 0. The van der Waals surface area contributed by atoms with Crippen molar-refractivity contribution in [3.63, 3.8) is 0 Å². The van der Waals surface area contributed by atoms with Crippen LogP contribution in [0.15, 0.2) is 34.7 Å². The van der Waals surface area contributed by atoms with E-state index in [0.29, 0.717) is 17.0 Å². The number of sulfonamides is 1. The molecule has 2 rings (SSSR count). The Morgan fingerprint density at radius 3 is 2.71 bits per heavy atom. The zero-order valence-corrected chi connectivity index (χ0v) is 13.2. The van der Waals surface area contributed by atoms with Gasteiger partial charge in [0.05, 0.1) is 17.2 Å². The van der Waals surface area contributed by atoms with Crippen molar-refractivity contribution in [2.45, 2.75) is 10.8 Å². The number of hydrogen-bond acceptors (Lipinski definition) is 6. The Morgan fingerprint density at radius 1 is 1.48 bits per heavy atom. The highest BCUT2D eigenvalue weighted by atomic mass is 35.5. The molecule has 112 valence electrons. The van der Waals surface area contributed by atoms with E-state index in [1.165, 1.54) is 7.05 Å². The van der Waals surface area contributed by atoms with E-state index in [2.05, 4.69) is 4.98 Å². The molecule has 0 fully saturated rings. The molecule has 0 bridgehead atoms. The molecule has 2 heterocycles. The Bertz CT molecular complexity index is 761. The molecule has 0 aliphatic rings. The molecular weight excluding hydrogens is 338 g/mol. The molecule has 0 aromatic carbocycles. The highest BCUT2D eigenvalue weighted by molar-refractivity contribution is 7.91. The first kappa shape index (κ1) is 15.8. The second-order valence-electron chi connectivity index (χ2n) is 4.06. The highest BCUT2D eigenvalue weighted by Crippen LogP contribution is 2.37. The lowest BCUT2D eigenvalue weighted by molar-refractivity contribution is -0.384. The van der Waals surface area contributed by atoms with Gasteiger partial charge in [-0.25, -0.2) is 8.42 Å². The molecule has 2 aromatic rings. The van der Waals surface area contributed by atoms with Crippen molar-refractivity contribution >= 4 is 38.6 Å². The topological polar surface area (TPSA) is 93.4 Å². The zero-order valence-electron chi connectivity index (χ0n) is 10.8. The number of rotatable bonds is 5. The summed E-state index contributed by atoms with van der Waals surface area (Å²) < 4.78 is 25.4. The second kappa shape index (κ2) is 6.06. The van der Waals surface area contributed by atoms with Crippen molar-refractivity contribution in [2.24, 2.45) is 0 Å². The summed E-state index contributed by atoms with van der Waals surface area (Å²) in [7, 11) is -2.47. The third-order valence-corrected chi connectivity index (χ3v) is 6.21. The fourth-order valence-corrected chi connectivity index (χ4v) is 4.57. The number of aromatic nitrogens is 1. The zero-order chi connectivity index (χ0) is 15.6. The monoisotopic (exact) mass is 347 g/mol. The van der Waals surface area contributed by atoms with E-state index in [9.17, 15) is 18.5 Å². The van der Waals surface area contributed by atoms with Gasteiger partial charge in [-0.3, -0.25) is 15.1 Å². The van der Waals surface area contributed by atoms with Gasteiger partial charge in [0.25, 0.3) is 15.7 Å². The molecule has 7 nitrogen and oxygen atoms in total. The van der Waals surface area contributed by atoms with Crippen LogP contribution in [0.4, 0.5) is 5.69 Å². The van der Waals surface area contributed by atoms with Crippen molar-refractivity contribution in [3.8, 4) is 0 Å². The van der Waals surface area contributed by atoms with Crippen LogP contribution in [-0.4, -0.2) is 29.7 Å². The minimum atomic E-state index is -3.85. The Kier molecular flexibility index (Phi) is 4.57. The van der Waals surface area contributed by atoms with Crippen LogP contribution in [0.25, 0.3) is 0 Å². The number of pyridine rings is 1. The number of thiophene rings is 1. The Labute approximate surface area is 130 Å². The summed E-state index contributed by atoms with van der Waals surface area (Å²) in [4.78, 5) is 14.1. The molecule has 0 N–H and O–H groups in total. The van der Waals surface area contributed by atoms with Crippen LogP contribution in [-0.2, 0) is 16.6 Å². The molecule has 0 saturated carbocycles. The van der Waals surface area contributed by atoms with Gasteiger partial charge in [-0.2, -0.15) is 4.31 Å². The van der Waals surface area contributed by atoms with E-state index >= 15 is 0 Å². The minimum absolute atomic E-state index is 0.0620. The summed E-state index contributed by atoms with van der Waals surface area (Å²) in [5.41, 5.74) is 0.159. The van der Waals surface area contributed by atoms with E-state index < -0.39 is 20.6 Å². The van der Waals surface area contributed by atoms with Crippen molar-refractivity contribution in [3.05, 3.63) is 50.6 Å². The summed E-state index contributed by atoms with van der Waals surface area (Å²) in [6.45, 7) is 0.0620. The van der Waals surface area contributed by atoms with Crippen molar-refractivity contribution in [2.75, 3.05) is 7.05 Å². The molecule has 0 radical (unpaired) electrons. The van der Waals surface area contributed by atoms with Crippen LogP contribution in [0.3, 0.4) is 0 Å². The Morgan fingerprint density at radius 2 is 2.19 bits per heavy atom. The molecule has 21 heavy (non-hydrogen) atoms. The van der Waals surface area contributed by atoms with Gasteiger partial charge in [-0.1, -0.05) is 17.7 Å². The van der Waals surface area contributed by atoms with Gasteiger partial charge in [0, 0.05) is 19.3 Å². The number of nitrogens with zero attached hydrogens (tertiary/aromatic N) is 3. The molecular formula is C11H10ClN3O4S2. The van der Waals surface area contributed by atoms with Gasteiger partial charge in [0.2, 0.25) is 0 Å². The first-order valence-corrected chi connectivity index (χ1v) is 8.26. The van der Waals surface area contributed by atoms with E-state index in [1.807, 2.05) is 0 Å². The Balaban J connectivity index is 2.29. The molecule has 0 aliphatic heterocycles. The first-order chi connectivity index (χ1) is 9.82. The van der Waals surface area contributed by atoms with Crippen LogP contribution >= 0.6 is 22.9 Å². The largest absolute Gasteiger partial charge is 0.300 e. The van der Waals surface area contributed by atoms with Crippen LogP contribution in [0, 0.1) is 10.1 Å². The lowest BCUT2D eigenvalue weighted by atomic mass is 10.3. The quantitative estimate of drug-likeness (QED) is 0.612. The van der Waals surface area contributed by atoms with Gasteiger partial charge in [-0.15, -0.1) is 11.3 Å². The first-order valence-electron chi connectivity index (χ1n) is 5.62. The van der Waals surface area contributed by atoms with E-state index in [4.69, 9.17) is 11.6 Å². The average Bonchev–Trinajstić information content (AvgIpc) is 2.82. The van der Waals surface area contributed by atoms with Crippen molar-refractivity contribution in [1.82, 2.24) is 9.29 Å². The van der Waals surface area contributed by atoms with Crippen LogP contribution in [0.5, 0.6) is 0 Å². The lowest BCUT2D eigenvalue weighted by Gasteiger charge is -2.15. The molecule has 0 saturated heterocycles. The van der Waals surface area contributed by atoms with Gasteiger partial charge in [0.1, 0.15) is 4.21 Å². The van der Waals surface area contributed by atoms with E-state index in [-0.39, 0.29) is 15.1 Å². The number of hydrogen-bond donors (Lipinski definition) is 0. The molecule has 0 amide bonds. The van der Waals surface area contributed by atoms with Gasteiger partial charge >= 0.3 is 0 Å². The van der Waals surface area contributed by atoms with Gasteiger partial charge in [-0.05, 0) is 12.1 Å². The van der Waals surface area contributed by atoms with Crippen LogP contribution in [0.2, 0.25) is 4.34 Å². The average molecular weight is 348 g/mol. The molecule has 10 heteroatoms. The van der Waals surface area contributed by atoms with Crippen LogP contribution in [0.1, 0.15) is 5.69 Å². The molecule has 0 spiro atoms. The minimum Gasteiger partial charge on any atom is -0.260 e. The highest BCUT2D eigenvalue weighted by Gasteiger charge is 2.28. The van der Waals surface area contributed by atoms with Crippen LogP contribution < -0.4 is 0 Å². The number of nitro groups is 1. The summed E-state index contributed by atoms with van der Waals surface area (Å²) >= 11 is 6.35. The molecule has 0 unspecified atom stereocenters. The van der Waals surface area contributed by atoms with Crippen molar-refractivity contribution < 1.29 is 13.3 Å². The summed E-state index contributed by atoms with van der Waals surface area (Å²) in [6.07, 6.45) is 1.56. The maximum atomic E-state index is 12.4. The summed E-state index contributed by atoms with van der Waals surface area (Å²) in [6, 6.07) is 6.13. The predicted molar refractivity (Wildman–Crippen MR) is 78.9 cm³/mol. The molecule has 0 atom stereocenters. The normalized spacial score (nSPS) is 11.8. The number of halogens is 1. The summed E-state index contributed by atoms with van der Waals surface area (Å²) in [5, 5.41) is 10.7. The second-order valence-corrected chi connectivity index (χ2v) is 7.99. The molecule has 2 aromatic heterocycles. The third-order valence-electron chi connectivity index (χ3n) is 2.62. The fourth-order valence-electron chi connectivity index (χ4n) is 1.55. The van der Waals surface area contributed by atoms with Gasteiger partial charge < -0.3 is 0 Å². The SMILES string of the molecule is CN(Cc1ccccn1)S(=O)(=O)c1cc([N+](=O)[O-])c(Cl)s1. The fraction of sp³-hybridized carbons (Fsp3) is 0.182. The van der Waals surface area contributed by atoms with Gasteiger partial charge in [0.15, 0.2) is 4.34 Å². The Hall–Kier alpha value is -1.55. The molecule has 0 aliphatic carbocycles. The van der Waals surface area contributed by atoms with E-state index in [1.54, 1.807) is 24.4 Å². The van der Waals surface area contributed by atoms with E-state index in [0.717, 1.165) is 10.4 Å². The third kappa shape index (κ3) is 3.38. The maximum absolute atomic E-state index is 12.4. The smallest absolute Gasteiger partial charge is 0.260 e. The maximum Gasteiger partial charge on any atom is 0.300 e. The standard InChI is InChI=1S/C11H10ClN3O4S2/c1-14(7-8-4-2-3-5-13-8)21(18,19)10-6-9(15(16)17)11(12)20-10/h2-6H,7H2,1H3. The predicted octanol–water partition coefficient (Wildman–Crippen LogP) is 2.53. The lowest BCUT2D eigenvalue weighted by Crippen LogP contribution is -2.26. The van der Waals surface area contributed by atoms with Crippen molar-refractivity contribution in [1.29, 1.82) is 0 Å².